The van der Waals surface area contributed by atoms with Gasteiger partial charge in [0.25, 0.3) is 5.91 Å². The number of halogens is 2. The van der Waals surface area contributed by atoms with Crippen molar-refractivity contribution in [2.24, 2.45) is 11.7 Å². The molecule has 298 valence electrons. The van der Waals surface area contributed by atoms with Crippen LogP contribution >= 0.6 is 15.9 Å². The maximum atomic E-state index is 13.8. The number of piperidine rings is 1. The van der Waals surface area contributed by atoms with Crippen LogP contribution in [0.15, 0.2) is 102 Å². The molecule has 3 atom stereocenters. The van der Waals surface area contributed by atoms with Gasteiger partial charge in [0.2, 0.25) is 5.91 Å². The van der Waals surface area contributed by atoms with Crippen LogP contribution in [0.4, 0.5) is 4.39 Å². The number of nitrogens with one attached hydrogen (secondary N) is 2. The number of hydrogen-bond donors (Lipinski definition) is 3. The smallest absolute Gasteiger partial charge is 0.252 e. The zero-order chi connectivity index (χ0) is 40.3. The van der Waals surface area contributed by atoms with E-state index in [9.17, 15) is 14.0 Å². The fourth-order valence-electron chi connectivity index (χ4n) is 8.47. The van der Waals surface area contributed by atoms with Gasteiger partial charge in [0, 0.05) is 34.6 Å². The molecular weight excluding hydrogens is 779 g/mol. The largest absolute Gasteiger partial charge is 0.492 e. The molecule has 0 aromatic heterocycles. The van der Waals surface area contributed by atoms with Crippen LogP contribution in [0.5, 0.6) is 5.75 Å². The summed E-state index contributed by atoms with van der Waals surface area (Å²) in [6.07, 6.45) is 4.23. The van der Waals surface area contributed by atoms with Gasteiger partial charge in [-0.3, -0.25) is 14.5 Å². The monoisotopic (exact) mass is 832 g/mol. The van der Waals surface area contributed by atoms with Gasteiger partial charge in [-0.1, -0.05) is 83.5 Å². The SMILES string of the molecule is Cc1ccc(OC[C@@H](C)N)cc1C(=O)NC1(c2cc(Br)cc3cc(CC(C)c4ccccc4C(C)N4CCC(C(=O)NCc5cccc(F)c5)CC4)ccc23)CC1. The van der Waals surface area contributed by atoms with Gasteiger partial charge in [-0.15, -0.1) is 0 Å². The molecule has 2 unspecified atom stereocenters. The third kappa shape index (κ3) is 9.60. The molecule has 5 aromatic carbocycles. The molecule has 1 saturated heterocycles. The Morgan fingerprint density at radius 2 is 1.67 bits per heavy atom. The summed E-state index contributed by atoms with van der Waals surface area (Å²) in [6.45, 7) is 10.9. The van der Waals surface area contributed by atoms with Crippen LogP contribution in [0.2, 0.25) is 0 Å². The van der Waals surface area contributed by atoms with E-state index in [0.717, 1.165) is 77.1 Å². The van der Waals surface area contributed by atoms with Gasteiger partial charge in [0.1, 0.15) is 18.2 Å². The van der Waals surface area contributed by atoms with Gasteiger partial charge < -0.3 is 21.1 Å². The first-order valence-corrected chi connectivity index (χ1v) is 21.1. The summed E-state index contributed by atoms with van der Waals surface area (Å²) < 4.78 is 20.4. The van der Waals surface area contributed by atoms with Gasteiger partial charge >= 0.3 is 0 Å². The van der Waals surface area contributed by atoms with E-state index in [-0.39, 0.29) is 41.6 Å². The van der Waals surface area contributed by atoms with Gasteiger partial charge in [0.15, 0.2) is 0 Å². The number of hydrogen-bond acceptors (Lipinski definition) is 5. The number of aryl methyl sites for hydroxylation is 1. The molecule has 0 bridgehead atoms. The van der Waals surface area contributed by atoms with Crippen molar-refractivity contribution < 1.29 is 18.7 Å². The predicted octanol–water partition coefficient (Wildman–Crippen LogP) is 9.63. The molecule has 2 fully saturated rings. The molecule has 5 aromatic rings. The van der Waals surface area contributed by atoms with E-state index in [1.807, 2.05) is 38.1 Å². The normalized spacial score (nSPS) is 17.1. The first-order valence-electron chi connectivity index (χ1n) is 20.3. The van der Waals surface area contributed by atoms with Crippen LogP contribution in [-0.2, 0) is 23.3 Å². The Bertz CT molecular complexity index is 2250. The third-order valence-corrected chi connectivity index (χ3v) is 12.3. The highest BCUT2D eigenvalue weighted by Crippen LogP contribution is 2.49. The van der Waals surface area contributed by atoms with E-state index in [2.05, 4.69) is 99.9 Å². The maximum absolute atomic E-state index is 13.8. The number of fused-ring (bicyclic) bond motifs is 1. The molecule has 9 heteroatoms. The summed E-state index contributed by atoms with van der Waals surface area (Å²) >= 11 is 3.79. The Morgan fingerprint density at radius 3 is 2.39 bits per heavy atom. The number of likely N-dealkylation sites (tertiary alicyclic amines) is 1. The van der Waals surface area contributed by atoms with Gasteiger partial charge in [-0.05, 0) is 152 Å². The van der Waals surface area contributed by atoms with E-state index in [1.54, 1.807) is 6.07 Å². The second-order valence-electron chi connectivity index (χ2n) is 16.4. The molecular formula is C48H54BrFN4O3. The summed E-state index contributed by atoms with van der Waals surface area (Å²) in [6, 6.07) is 32.0. The maximum Gasteiger partial charge on any atom is 0.252 e. The molecule has 1 saturated carbocycles. The minimum absolute atomic E-state index is 0.0391. The van der Waals surface area contributed by atoms with Crippen LogP contribution in [-0.4, -0.2) is 42.5 Å². The zero-order valence-corrected chi connectivity index (χ0v) is 35.0. The Labute approximate surface area is 344 Å². The minimum Gasteiger partial charge on any atom is -0.492 e. The number of nitrogens with zero attached hydrogens (tertiary/aromatic N) is 1. The molecule has 0 spiro atoms. The fraction of sp³-hybridized carbons (Fsp3) is 0.375. The van der Waals surface area contributed by atoms with E-state index in [0.29, 0.717) is 24.5 Å². The Hall–Kier alpha value is -4.57. The average Bonchev–Trinajstić information content (AvgIpc) is 3.99. The number of rotatable bonds is 14. The van der Waals surface area contributed by atoms with Crippen molar-refractivity contribution in [1.82, 2.24) is 15.5 Å². The van der Waals surface area contributed by atoms with Crippen LogP contribution < -0.4 is 21.1 Å². The highest BCUT2D eigenvalue weighted by Gasteiger charge is 2.47. The van der Waals surface area contributed by atoms with Crippen molar-refractivity contribution in [2.45, 2.75) is 89.9 Å². The quantitative estimate of drug-likeness (QED) is 0.104. The highest BCUT2D eigenvalue weighted by molar-refractivity contribution is 9.10. The first kappa shape index (κ1) is 40.6. The predicted molar refractivity (Wildman–Crippen MR) is 230 cm³/mol. The lowest BCUT2D eigenvalue weighted by Crippen LogP contribution is -2.41. The second kappa shape index (κ2) is 17.5. The zero-order valence-electron chi connectivity index (χ0n) is 33.4. The Morgan fingerprint density at radius 1 is 0.912 bits per heavy atom. The molecule has 0 radical (unpaired) electrons. The van der Waals surface area contributed by atoms with E-state index < -0.39 is 5.54 Å². The number of ether oxygens (including phenoxy) is 1. The van der Waals surface area contributed by atoms with E-state index in [4.69, 9.17) is 10.5 Å². The lowest BCUT2D eigenvalue weighted by atomic mass is 9.86. The third-order valence-electron chi connectivity index (χ3n) is 11.9. The van der Waals surface area contributed by atoms with Crippen molar-refractivity contribution in [3.63, 3.8) is 0 Å². The Kier molecular flexibility index (Phi) is 12.5. The fourth-order valence-corrected chi connectivity index (χ4v) is 8.95. The van der Waals surface area contributed by atoms with Crippen LogP contribution in [0.25, 0.3) is 10.8 Å². The molecule has 57 heavy (non-hydrogen) atoms. The minimum atomic E-state index is -0.431. The van der Waals surface area contributed by atoms with Crippen molar-refractivity contribution in [3.05, 3.63) is 146 Å². The van der Waals surface area contributed by atoms with Crippen LogP contribution in [0, 0.1) is 18.7 Å². The summed E-state index contributed by atoms with van der Waals surface area (Å²) in [4.78, 5) is 29.3. The summed E-state index contributed by atoms with van der Waals surface area (Å²) in [7, 11) is 0. The summed E-state index contributed by atoms with van der Waals surface area (Å²) in [5.41, 5.74) is 12.8. The highest BCUT2D eigenvalue weighted by atomic mass is 79.9. The van der Waals surface area contributed by atoms with Crippen molar-refractivity contribution in [1.29, 1.82) is 0 Å². The standard InChI is InChI=1S/C48H54BrFN4O3/c1-30-12-14-40(57-29-32(3)51)27-44(30)47(56)53-48(18-19-48)45-26-38(49)25-37-23-34(13-15-43(37)45)22-31(2)41-10-5-6-11-42(41)33(4)54-20-16-36(17-21-54)46(55)52-28-35-8-7-9-39(50)24-35/h5-15,23-27,31-33,36H,16-22,28-29,51H2,1-4H3,(H,52,55)(H,53,56)/t31?,32-,33?/m1/s1. The number of nitrogens with two attached hydrogens (primary N) is 1. The molecule has 7 rings (SSSR count). The van der Waals surface area contributed by atoms with E-state index >= 15 is 0 Å². The number of benzene rings is 5. The van der Waals surface area contributed by atoms with Crippen LogP contribution in [0.1, 0.15) is 102 Å². The summed E-state index contributed by atoms with van der Waals surface area (Å²) in [5, 5.41) is 8.73. The average molecular weight is 834 g/mol. The van der Waals surface area contributed by atoms with Crippen molar-refractivity contribution in [3.8, 4) is 5.75 Å². The molecule has 4 N–H and O–H groups in total. The Balaban J connectivity index is 1.01. The topological polar surface area (TPSA) is 96.7 Å². The molecule has 1 aliphatic heterocycles. The van der Waals surface area contributed by atoms with Crippen molar-refractivity contribution in [2.75, 3.05) is 19.7 Å². The molecule has 2 amide bonds. The van der Waals surface area contributed by atoms with Crippen molar-refractivity contribution >= 4 is 38.5 Å². The first-order chi connectivity index (χ1) is 27.4. The van der Waals surface area contributed by atoms with Crippen LogP contribution in [0.3, 0.4) is 0 Å². The summed E-state index contributed by atoms with van der Waals surface area (Å²) in [5.74, 6) is 0.540. The second-order valence-corrected chi connectivity index (χ2v) is 17.3. The van der Waals surface area contributed by atoms with E-state index in [1.165, 1.54) is 28.8 Å². The number of carbonyl (C=O) groups is 2. The van der Waals surface area contributed by atoms with Gasteiger partial charge in [-0.25, -0.2) is 4.39 Å². The number of carbonyl (C=O) groups excluding carboxylic acids is 2. The molecule has 1 aliphatic carbocycles. The van der Waals surface area contributed by atoms with Gasteiger partial charge in [0.05, 0.1) is 5.54 Å². The van der Waals surface area contributed by atoms with Gasteiger partial charge in [-0.2, -0.15) is 0 Å². The molecule has 7 nitrogen and oxygen atoms in total. The lowest BCUT2D eigenvalue weighted by molar-refractivity contribution is -0.126. The molecule has 2 aliphatic rings. The number of amides is 2. The lowest BCUT2D eigenvalue weighted by Gasteiger charge is -2.37. The molecule has 1 heterocycles.